The first-order valence-electron chi connectivity index (χ1n) is 4.66. The molecule has 0 unspecified atom stereocenters. The predicted molar refractivity (Wildman–Crippen MR) is 56.2 cm³/mol. The highest BCUT2D eigenvalue weighted by atomic mass is 28.3. The van der Waals surface area contributed by atoms with Gasteiger partial charge in [0.15, 0.2) is 0 Å². The van der Waals surface area contributed by atoms with Crippen molar-refractivity contribution in [1.29, 1.82) is 0 Å². The van der Waals surface area contributed by atoms with E-state index in [-0.39, 0.29) is 0 Å². The zero-order valence-electron chi connectivity index (χ0n) is 8.64. The van der Waals surface area contributed by atoms with Crippen LogP contribution in [-0.2, 0) is 9.16 Å². The van der Waals surface area contributed by atoms with Crippen LogP contribution < -0.4 is 11.1 Å². The molecule has 0 rings (SSSR count). The monoisotopic (exact) mass is 205 g/mol. The molecule has 1 radical (unpaired) electrons. The fourth-order valence-corrected chi connectivity index (χ4v) is 1.97. The van der Waals surface area contributed by atoms with Crippen LogP contribution >= 0.6 is 0 Å². The van der Waals surface area contributed by atoms with Crippen molar-refractivity contribution in [2.24, 2.45) is 5.73 Å². The third-order valence-electron chi connectivity index (χ3n) is 1.61. The summed E-state index contributed by atoms with van der Waals surface area (Å²) in [6, 6.07) is 1.12. The Bertz CT molecular complexity index is 106. The van der Waals surface area contributed by atoms with Crippen molar-refractivity contribution in [3.63, 3.8) is 0 Å². The lowest BCUT2D eigenvalue weighted by Crippen LogP contribution is -2.27. The van der Waals surface area contributed by atoms with Gasteiger partial charge in [0, 0.05) is 20.2 Å². The highest BCUT2D eigenvalue weighted by molar-refractivity contribution is 6.50. The van der Waals surface area contributed by atoms with E-state index in [0.717, 1.165) is 25.7 Å². The van der Waals surface area contributed by atoms with Crippen molar-refractivity contribution in [2.45, 2.75) is 12.6 Å². The van der Waals surface area contributed by atoms with Crippen LogP contribution in [0.25, 0.3) is 0 Å². The van der Waals surface area contributed by atoms with E-state index in [9.17, 15) is 0 Å². The molecular formula is C8H21N2O2Si. The summed E-state index contributed by atoms with van der Waals surface area (Å²) in [7, 11) is 1.06. The lowest BCUT2D eigenvalue weighted by Gasteiger charge is -2.10. The molecule has 0 aliphatic carbocycles. The summed E-state index contributed by atoms with van der Waals surface area (Å²) >= 11 is 0. The van der Waals surface area contributed by atoms with E-state index in [2.05, 4.69) is 11.9 Å². The molecule has 0 aliphatic heterocycles. The molecule has 0 spiro atoms. The Morgan fingerprint density at radius 1 is 1.31 bits per heavy atom. The van der Waals surface area contributed by atoms with E-state index in [1.807, 2.05) is 0 Å². The largest absolute Gasteiger partial charge is 0.415 e. The van der Waals surface area contributed by atoms with Crippen molar-refractivity contribution in [3.05, 3.63) is 0 Å². The summed E-state index contributed by atoms with van der Waals surface area (Å²) in [5.74, 6) is 0. The van der Waals surface area contributed by atoms with Gasteiger partial charge in [-0.05, 0) is 19.1 Å². The zero-order chi connectivity index (χ0) is 9.94. The normalized spacial score (nSPS) is 11.1. The first kappa shape index (κ1) is 13.1. The van der Waals surface area contributed by atoms with Crippen LogP contribution in [0.15, 0.2) is 0 Å². The summed E-state index contributed by atoms with van der Waals surface area (Å²) in [4.78, 5) is 0. The van der Waals surface area contributed by atoms with E-state index in [1.165, 1.54) is 0 Å². The molecule has 3 N–H and O–H groups in total. The van der Waals surface area contributed by atoms with Gasteiger partial charge in [-0.2, -0.15) is 0 Å². The van der Waals surface area contributed by atoms with Crippen molar-refractivity contribution >= 4 is 9.04 Å². The molecule has 0 atom stereocenters. The quantitative estimate of drug-likeness (QED) is 0.405. The number of nitrogens with one attached hydrogen (secondary N) is 1. The minimum atomic E-state index is -0.626. The Morgan fingerprint density at radius 3 is 2.69 bits per heavy atom. The summed E-state index contributed by atoms with van der Waals surface area (Å²) in [6.45, 7) is 6.19. The fraction of sp³-hybridized carbons (Fsp3) is 1.00. The summed E-state index contributed by atoms with van der Waals surface area (Å²) in [5.41, 5.74) is 5.34. The number of ether oxygens (including phenoxy) is 1. The summed E-state index contributed by atoms with van der Waals surface area (Å²) < 4.78 is 10.5. The second-order valence-electron chi connectivity index (χ2n) is 2.83. The van der Waals surface area contributed by atoms with Crippen molar-refractivity contribution in [2.75, 3.05) is 40.0 Å². The molecule has 79 valence electrons. The Hall–Kier alpha value is 0.0569. The highest BCUT2D eigenvalue weighted by Crippen LogP contribution is 1.92. The van der Waals surface area contributed by atoms with Gasteiger partial charge in [-0.3, -0.25) is 0 Å². The average Bonchev–Trinajstić information content (AvgIpc) is 2.13. The molecule has 0 aliphatic rings. The van der Waals surface area contributed by atoms with Gasteiger partial charge < -0.3 is 20.2 Å². The Balaban J connectivity index is 3.05. The maximum atomic E-state index is 5.57. The number of rotatable bonds is 9. The van der Waals surface area contributed by atoms with E-state index in [4.69, 9.17) is 14.9 Å². The molecule has 0 aromatic carbocycles. The average molecular weight is 205 g/mol. The molecule has 13 heavy (non-hydrogen) atoms. The lowest BCUT2D eigenvalue weighted by molar-refractivity contribution is 0.146. The first-order chi connectivity index (χ1) is 6.31. The van der Waals surface area contributed by atoms with Crippen LogP contribution in [0.1, 0.15) is 0 Å². The van der Waals surface area contributed by atoms with Gasteiger partial charge in [-0.15, -0.1) is 0 Å². The summed E-state index contributed by atoms with van der Waals surface area (Å²) in [5, 5.41) is 3.25. The molecule has 4 nitrogen and oxygen atoms in total. The van der Waals surface area contributed by atoms with Crippen LogP contribution in [0.5, 0.6) is 0 Å². The fourth-order valence-electron chi connectivity index (χ4n) is 0.863. The topological polar surface area (TPSA) is 56.5 Å². The van der Waals surface area contributed by atoms with E-state index in [0.29, 0.717) is 13.2 Å². The molecule has 0 bridgehead atoms. The third-order valence-corrected chi connectivity index (χ3v) is 3.26. The number of nitrogens with two attached hydrogens (primary N) is 1. The molecule has 0 aromatic heterocycles. The van der Waals surface area contributed by atoms with Gasteiger partial charge in [0.25, 0.3) is 0 Å². The predicted octanol–water partition coefficient (Wildman–Crippen LogP) is -0.181. The van der Waals surface area contributed by atoms with Gasteiger partial charge in [0.05, 0.1) is 13.2 Å². The molecule has 0 saturated heterocycles. The van der Waals surface area contributed by atoms with Crippen molar-refractivity contribution < 1.29 is 9.16 Å². The van der Waals surface area contributed by atoms with Crippen LogP contribution in [0.2, 0.25) is 12.6 Å². The number of hydrogen-bond donors (Lipinski definition) is 2. The second-order valence-corrected chi connectivity index (χ2v) is 5.02. The molecule has 0 fully saturated rings. The van der Waals surface area contributed by atoms with Crippen LogP contribution in [-0.4, -0.2) is 49.0 Å². The number of hydrogen-bond acceptors (Lipinski definition) is 4. The first-order valence-corrected chi connectivity index (χ1v) is 6.77. The lowest BCUT2D eigenvalue weighted by atomic mass is 10.6. The molecule has 0 aromatic rings. The SMILES string of the molecule is COCCO[Si](C)CCNCCN. The van der Waals surface area contributed by atoms with Crippen LogP contribution in [0.3, 0.4) is 0 Å². The van der Waals surface area contributed by atoms with Crippen LogP contribution in [0.4, 0.5) is 0 Å². The highest BCUT2D eigenvalue weighted by Gasteiger charge is 2.04. The molecule has 0 amide bonds. The zero-order valence-corrected chi connectivity index (χ0v) is 9.64. The Labute approximate surface area is 82.5 Å². The minimum Gasteiger partial charge on any atom is -0.415 e. The van der Waals surface area contributed by atoms with Crippen molar-refractivity contribution in [1.82, 2.24) is 5.32 Å². The Morgan fingerprint density at radius 2 is 2.08 bits per heavy atom. The maximum absolute atomic E-state index is 5.57. The molecule has 5 heteroatoms. The van der Waals surface area contributed by atoms with Crippen molar-refractivity contribution in [3.8, 4) is 0 Å². The smallest absolute Gasteiger partial charge is 0.209 e. The molecule has 0 heterocycles. The maximum Gasteiger partial charge on any atom is 0.209 e. The Kier molecular flexibility index (Phi) is 10.2. The third kappa shape index (κ3) is 9.97. The van der Waals surface area contributed by atoms with Gasteiger partial charge >= 0.3 is 0 Å². The van der Waals surface area contributed by atoms with E-state index >= 15 is 0 Å². The minimum absolute atomic E-state index is 0.626. The van der Waals surface area contributed by atoms with E-state index < -0.39 is 9.04 Å². The van der Waals surface area contributed by atoms with Gasteiger partial charge in [0.2, 0.25) is 9.04 Å². The van der Waals surface area contributed by atoms with Gasteiger partial charge in [-0.25, -0.2) is 0 Å². The van der Waals surface area contributed by atoms with Gasteiger partial charge in [0.1, 0.15) is 0 Å². The van der Waals surface area contributed by atoms with Crippen LogP contribution in [0, 0.1) is 0 Å². The standard InChI is InChI=1S/C8H21N2O2Si/c1-11-6-7-12-13(2)8-5-10-4-3-9/h10H,3-9H2,1-2H3. The summed E-state index contributed by atoms with van der Waals surface area (Å²) in [6.07, 6.45) is 0. The van der Waals surface area contributed by atoms with E-state index in [1.54, 1.807) is 7.11 Å². The van der Waals surface area contributed by atoms with Gasteiger partial charge in [-0.1, -0.05) is 0 Å². The number of methoxy groups -OCH3 is 1. The molecule has 0 saturated carbocycles. The molecular weight excluding hydrogens is 184 g/mol. The second kappa shape index (κ2) is 10.1.